The molecule has 2 heterocycles. The first-order valence-corrected chi connectivity index (χ1v) is 22.1. The number of ether oxygens (including phenoxy) is 1. The minimum atomic E-state index is 0.000726. The zero-order valence-electron chi connectivity index (χ0n) is 35.5. The Labute approximate surface area is 371 Å². The van der Waals surface area contributed by atoms with Crippen molar-refractivity contribution in [2.75, 3.05) is 4.90 Å². The van der Waals surface area contributed by atoms with E-state index in [9.17, 15) is 0 Å². The Bertz CT molecular complexity index is 3840. The third-order valence-electron chi connectivity index (χ3n) is 13.6. The molecular formula is C60H40BNO2. The highest BCUT2D eigenvalue weighted by Crippen LogP contribution is 2.52. The van der Waals surface area contributed by atoms with Gasteiger partial charge >= 0.3 is 0 Å². The number of furan rings is 1. The predicted octanol–water partition coefficient (Wildman–Crippen LogP) is 14.6. The van der Waals surface area contributed by atoms with Crippen molar-refractivity contribution in [3.05, 3.63) is 217 Å². The number of fused-ring (bicyclic) bond motifs is 10. The summed E-state index contributed by atoms with van der Waals surface area (Å²) in [5.41, 5.74) is 13.5. The van der Waals surface area contributed by atoms with Gasteiger partial charge in [-0.05, 0) is 106 Å². The van der Waals surface area contributed by atoms with Crippen LogP contribution in [0.1, 0.15) is 11.1 Å². The van der Waals surface area contributed by atoms with Gasteiger partial charge in [-0.25, -0.2) is 0 Å². The lowest BCUT2D eigenvalue weighted by Gasteiger charge is -2.28. The van der Waals surface area contributed by atoms with Crippen molar-refractivity contribution in [2.45, 2.75) is 13.8 Å². The number of benzene rings is 11. The quantitative estimate of drug-likeness (QED) is 0.123. The number of para-hydroxylation sites is 3. The molecule has 0 atom stereocenters. The second-order valence-electron chi connectivity index (χ2n) is 17.2. The summed E-state index contributed by atoms with van der Waals surface area (Å²) in [5.74, 6) is 1.68. The molecule has 1 aliphatic heterocycles. The zero-order valence-corrected chi connectivity index (χ0v) is 35.5. The van der Waals surface area contributed by atoms with Crippen LogP contribution < -0.4 is 26.0 Å². The third-order valence-corrected chi connectivity index (χ3v) is 13.6. The summed E-state index contributed by atoms with van der Waals surface area (Å²) >= 11 is 0. The Morgan fingerprint density at radius 2 is 1.06 bits per heavy atom. The Morgan fingerprint density at radius 1 is 0.406 bits per heavy atom. The lowest BCUT2D eigenvalue weighted by Crippen LogP contribution is -2.54. The maximum atomic E-state index is 7.03. The Kier molecular flexibility index (Phi) is 8.13. The summed E-state index contributed by atoms with van der Waals surface area (Å²) in [4.78, 5) is 2.28. The largest absolute Gasteiger partial charge is 0.456 e. The van der Waals surface area contributed by atoms with Crippen LogP contribution in [0.15, 0.2) is 211 Å². The summed E-state index contributed by atoms with van der Waals surface area (Å²) in [6.45, 7) is 4.53. The van der Waals surface area contributed by atoms with Crippen molar-refractivity contribution < 1.29 is 9.15 Å². The molecule has 0 bridgehead atoms. The van der Waals surface area contributed by atoms with E-state index < -0.39 is 0 Å². The van der Waals surface area contributed by atoms with Crippen molar-refractivity contribution in [3.8, 4) is 22.6 Å². The van der Waals surface area contributed by atoms with Crippen LogP contribution in [0.2, 0.25) is 0 Å². The van der Waals surface area contributed by atoms with Gasteiger partial charge in [0.25, 0.3) is 0 Å². The van der Waals surface area contributed by atoms with Gasteiger partial charge in [-0.2, -0.15) is 0 Å². The van der Waals surface area contributed by atoms with Crippen LogP contribution in [-0.4, -0.2) is 6.71 Å². The minimum absolute atomic E-state index is 0.000726. The van der Waals surface area contributed by atoms with Gasteiger partial charge in [-0.1, -0.05) is 179 Å². The van der Waals surface area contributed by atoms with Gasteiger partial charge in [-0.15, -0.1) is 0 Å². The van der Waals surface area contributed by atoms with Crippen molar-refractivity contribution in [2.24, 2.45) is 0 Å². The molecule has 4 heteroatoms. The normalized spacial score (nSPS) is 12.0. The van der Waals surface area contributed by atoms with Crippen molar-refractivity contribution in [1.82, 2.24) is 0 Å². The molecule has 0 radical (unpaired) electrons. The molecule has 0 aliphatic carbocycles. The van der Waals surface area contributed by atoms with E-state index in [1.165, 1.54) is 70.8 Å². The molecule has 300 valence electrons. The summed E-state index contributed by atoms with van der Waals surface area (Å²) in [6.07, 6.45) is 0. The van der Waals surface area contributed by atoms with Crippen LogP contribution in [-0.2, 0) is 0 Å². The van der Waals surface area contributed by atoms with Crippen LogP contribution >= 0.6 is 0 Å². The standard InChI is InChI=1S/C60H40BNO2/c1-37-16-12-17-38(2)59(37)61(52-28-13-19-39-18-6-7-22-42(39)52)53-36-50-47-26-15-31-56-58(47)51(35-49(50)43-23-8-9-24-44(43)53)46-33-32-41(34-57(46)63-56)62(40-20-4-3-5-21-40)54-29-14-27-48-45-25-10-11-30-55(45)64-60(48)54/h3-36H,1-2H3. The van der Waals surface area contributed by atoms with Crippen LogP contribution in [0.5, 0.6) is 11.5 Å². The first kappa shape index (κ1) is 36.6. The predicted molar refractivity (Wildman–Crippen MR) is 271 cm³/mol. The van der Waals surface area contributed by atoms with E-state index in [2.05, 4.69) is 213 Å². The van der Waals surface area contributed by atoms with Gasteiger partial charge in [0.1, 0.15) is 17.1 Å². The second kappa shape index (κ2) is 14.2. The molecule has 64 heavy (non-hydrogen) atoms. The van der Waals surface area contributed by atoms with Crippen molar-refractivity contribution in [3.63, 3.8) is 0 Å². The Morgan fingerprint density at radius 3 is 1.92 bits per heavy atom. The molecule has 1 aromatic heterocycles. The van der Waals surface area contributed by atoms with Gasteiger partial charge < -0.3 is 14.1 Å². The summed E-state index contributed by atoms with van der Waals surface area (Å²) in [6, 6.07) is 74.7. The smallest absolute Gasteiger partial charge is 0.243 e. The molecule has 0 saturated carbocycles. The molecular weight excluding hydrogens is 777 g/mol. The number of nitrogens with zero attached hydrogens (tertiary/aromatic N) is 1. The first-order chi connectivity index (χ1) is 31.6. The van der Waals surface area contributed by atoms with Crippen molar-refractivity contribution in [1.29, 1.82) is 0 Å². The zero-order chi connectivity index (χ0) is 42.5. The number of hydrogen-bond acceptors (Lipinski definition) is 3. The van der Waals surface area contributed by atoms with Gasteiger partial charge in [0, 0.05) is 33.5 Å². The maximum absolute atomic E-state index is 7.03. The van der Waals surface area contributed by atoms with Crippen LogP contribution in [0.25, 0.3) is 76.2 Å². The summed E-state index contributed by atoms with van der Waals surface area (Å²) < 4.78 is 13.6. The van der Waals surface area contributed by atoms with Gasteiger partial charge in [0.05, 0.1) is 11.4 Å². The molecule has 3 nitrogen and oxygen atoms in total. The molecule has 0 spiro atoms. The Hall–Kier alpha value is -8.08. The van der Waals surface area contributed by atoms with E-state index in [4.69, 9.17) is 9.15 Å². The lowest BCUT2D eigenvalue weighted by molar-refractivity contribution is 0.487. The number of anilines is 3. The van der Waals surface area contributed by atoms with Gasteiger partial charge in [0.15, 0.2) is 5.58 Å². The van der Waals surface area contributed by atoms with Gasteiger partial charge in [-0.3, -0.25) is 0 Å². The van der Waals surface area contributed by atoms with E-state index in [0.29, 0.717) is 0 Å². The van der Waals surface area contributed by atoms with Crippen molar-refractivity contribution >= 4 is 105 Å². The minimum Gasteiger partial charge on any atom is -0.456 e. The molecule has 11 aromatic carbocycles. The monoisotopic (exact) mass is 817 g/mol. The number of rotatable bonds is 6. The molecule has 0 unspecified atom stereocenters. The van der Waals surface area contributed by atoms with Crippen LogP contribution in [0.3, 0.4) is 0 Å². The average Bonchev–Trinajstić information content (AvgIpc) is 3.73. The molecule has 0 saturated heterocycles. The second-order valence-corrected chi connectivity index (χ2v) is 17.2. The van der Waals surface area contributed by atoms with E-state index in [-0.39, 0.29) is 6.71 Å². The van der Waals surface area contributed by atoms with Crippen LogP contribution in [0.4, 0.5) is 17.1 Å². The van der Waals surface area contributed by atoms with E-state index in [0.717, 1.165) is 61.4 Å². The molecule has 0 amide bonds. The SMILES string of the molecule is Cc1cccc(C)c1B(c1cccc2ccccc12)c1cc2c3cccc4c3c(cc2c2ccccc12)-c1ccc(N(c2ccccc2)c2cccc3c2oc2ccccc23)cc1O4. The molecule has 0 fully saturated rings. The highest BCUT2D eigenvalue weighted by atomic mass is 16.5. The highest BCUT2D eigenvalue weighted by Gasteiger charge is 2.31. The fraction of sp³-hybridized carbons (Fsp3) is 0.0333. The maximum Gasteiger partial charge on any atom is 0.243 e. The fourth-order valence-corrected chi connectivity index (χ4v) is 10.8. The Balaban J connectivity index is 1.04. The summed E-state index contributed by atoms with van der Waals surface area (Å²) in [7, 11) is 0. The average molecular weight is 818 g/mol. The van der Waals surface area contributed by atoms with Gasteiger partial charge in [0.2, 0.25) is 6.71 Å². The number of hydrogen-bond donors (Lipinski definition) is 0. The third kappa shape index (κ3) is 5.49. The van der Waals surface area contributed by atoms with Crippen LogP contribution in [0, 0.1) is 13.8 Å². The fourth-order valence-electron chi connectivity index (χ4n) is 10.8. The topological polar surface area (TPSA) is 25.6 Å². The molecule has 0 N–H and O–H groups in total. The first-order valence-electron chi connectivity index (χ1n) is 22.1. The van der Waals surface area contributed by atoms with E-state index in [1.54, 1.807) is 0 Å². The van der Waals surface area contributed by atoms with E-state index in [1.807, 2.05) is 12.1 Å². The molecule has 12 aromatic rings. The lowest BCUT2D eigenvalue weighted by atomic mass is 9.34. The molecule has 1 aliphatic rings. The highest BCUT2D eigenvalue weighted by molar-refractivity contribution is 6.98. The molecule has 13 rings (SSSR count). The van der Waals surface area contributed by atoms with E-state index >= 15 is 0 Å². The number of aryl methyl sites for hydroxylation is 2. The summed E-state index contributed by atoms with van der Waals surface area (Å²) in [5, 5.41) is 12.0.